The van der Waals surface area contributed by atoms with Gasteiger partial charge < -0.3 is 19.7 Å². The van der Waals surface area contributed by atoms with E-state index in [-0.39, 0.29) is 18.4 Å². The summed E-state index contributed by atoms with van der Waals surface area (Å²) in [5.74, 6) is 0.684. The lowest BCUT2D eigenvalue weighted by Gasteiger charge is -2.11. The summed E-state index contributed by atoms with van der Waals surface area (Å²) in [4.78, 5) is 25.5. The van der Waals surface area contributed by atoms with E-state index in [4.69, 9.17) is 9.47 Å². The number of carbonyl (C=O) groups excluding carboxylic acids is 2. The second-order valence-corrected chi connectivity index (χ2v) is 5.81. The molecule has 0 saturated heterocycles. The second kappa shape index (κ2) is 7.31. The van der Waals surface area contributed by atoms with E-state index < -0.39 is 0 Å². The summed E-state index contributed by atoms with van der Waals surface area (Å²) in [7, 11) is 4.84. The van der Waals surface area contributed by atoms with E-state index in [1.807, 2.05) is 36.4 Å². The number of benzene rings is 2. The fraction of sp³-hybridized carbons (Fsp3) is 0.200. The number of fused-ring (bicyclic) bond motifs is 1. The van der Waals surface area contributed by atoms with E-state index in [1.54, 1.807) is 31.1 Å². The zero-order valence-electron chi connectivity index (χ0n) is 14.9. The molecule has 0 atom stereocenters. The molecule has 3 rings (SSSR count). The van der Waals surface area contributed by atoms with Gasteiger partial charge in [-0.2, -0.15) is 0 Å². The molecule has 134 valence electrons. The van der Waals surface area contributed by atoms with E-state index >= 15 is 0 Å². The molecular formula is C20H20N2O4. The van der Waals surface area contributed by atoms with Crippen LogP contribution in [0.2, 0.25) is 0 Å². The molecule has 6 heteroatoms. The summed E-state index contributed by atoms with van der Waals surface area (Å²) in [5, 5.41) is 2.49. The van der Waals surface area contributed by atoms with Crippen LogP contribution in [0.4, 0.5) is 5.69 Å². The molecule has 0 aromatic heterocycles. The minimum absolute atomic E-state index is 0.0508. The summed E-state index contributed by atoms with van der Waals surface area (Å²) < 4.78 is 10.8. The Balaban J connectivity index is 1.92. The van der Waals surface area contributed by atoms with Gasteiger partial charge >= 0.3 is 0 Å². The highest BCUT2D eigenvalue weighted by Crippen LogP contribution is 2.37. The van der Waals surface area contributed by atoms with Crippen LogP contribution >= 0.6 is 0 Å². The first kappa shape index (κ1) is 17.5. The molecule has 0 saturated carbocycles. The van der Waals surface area contributed by atoms with Gasteiger partial charge in [-0.15, -0.1) is 0 Å². The highest BCUT2D eigenvalue weighted by atomic mass is 16.5. The number of hydrogen-bond acceptors (Lipinski definition) is 4. The fourth-order valence-electron chi connectivity index (χ4n) is 2.81. The Morgan fingerprint density at radius 3 is 2.69 bits per heavy atom. The summed E-state index contributed by atoms with van der Waals surface area (Å²) in [6, 6.07) is 13.0. The number of ether oxygens (including phenoxy) is 2. The average Bonchev–Trinajstić information content (AvgIpc) is 2.91. The molecule has 26 heavy (non-hydrogen) atoms. The molecule has 0 fully saturated rings. The monoisotopic (exact) mass is 352 g/mol. The van der Waals surface area contributed by atoms with Gasteiger partial charge in [0.1, 0.15) is 0 Å². The predicted molar refractivity (Wildman–Crippen MR) is 100 cm³/mol. The molecule has 1 aliphatic heterocycles. The first-order valence-electron chi connectivity index (χ1n) is 8.15. The number of rotatable bonds is 5. The lowest BCUT2D eigenvalue weighted by Crippen LogP contribution is -2.24. The van der Waals surface area contributed by atoms with Crippen LogP contribution in [0.3, 0.4) is 0 Å². The van der Waals surface area contributed by atoms with Gasteiger partial charge in [-0.3, -0.25) is 9.59 Å². The Kier molecular flexibility index (Phi) is 4.93. The molecule has 2 aromatic rings. The predicted octanol–water partition coefficient (Wildman–Crippen LogP) is 2.34. The molecule has 0 bridgehead atoms. The number of hydrogen-bond donors (Lipinski definition) is 1. The molecule has 2 aromatic carbocycles. The van der Waals surface area contributed by atoms with Gasteiger partial charge in [-0.05, 0) is 29.8 Å². The van der Waals surface area contributed by atoms with Gasteiger partial charge in [0.25, 0.3) is 11.8 Å². The maximum atomic E-state index is 12.6. The molecular weight excluding hydrogens is 332 g/mol. The molecule has 6 nitrogen and oxygen atoms in total. The Morgan fingerprint density at radius 2 is 1.96 bits per heavy atom. The highest BCUT2D eigenvalue weighted by molar-refractivity contribution is 6.35. The smallest absolute Gasteiger partial charge is 0.258 e. The first-order chi connectivity index (χ1) is 12.5. The van der Waals surface area contributed by atoms with Crippen LogP contribution in [0.25, 0.3) is 11.6 Å². The second-order valence-electron chi connectivity index (χ2n) is 5.81. The number of nitrogens with one attached hydrogen (secondary N) is 1. The van der Waals surface area contributed by atoms with Crippen LogP contribution in [0.1, 0.15) is 11.1 Å². The summed E-state index contributed by atoms with van der Waals surface area (Å²) >= 11 is 0. The van der Waals surface area contributed by atoms with E-state index in [1.165, 1.54) is 7.11 Å². The third kappa shape index (κ3) is 3.26. The van der Waals surface area contributed by atoms with Gasteiger partial charge in [-0.1, -0.05) is 24.3 Å². The van der Waals surface area contributed by atoms with Crippen molar-refractivity contribution < 1.29 is 19.1 Å². The minimum Gasteiger partial charge on any atom is -0.493 e. The van der Waals surface area contributed by atoms with Crippen LogP contribution < -0.4 is 19.7 Å². The maximum absolute atomic E-state index is 12.6. The van der Waals surface area contributed by atoms with Gasteiger partial charge in [-0.25, -0.2) is 0 Å². The quantitative estimate of drug-likeness (QED) is 0.839. The molecule has 1 heterocycles. The molecule has 2 amide bonds. The lowest BCUT2D eigenvalue weighted by molar-refractivity contribution is -0.122. The van der Waals surface area contributed by atoms with E-state index in [2.05, 4.69) is 5.32 Å². The Bertz CT molecular complexity index is 889. The normalized spacial score (nSPS) is 14.3. The van der Waals surface area contributed by atoms with Crippen LogP contribution in [0.15, 0.2) is 42.5 Å². The molecule has 0 unspecified atom stereocenters. The molecule has 0 radical (unpaired) electrons. The van der Waals surface area contributed by atoms with Crippen molar-refractivity contribution in [1.82, 2.24) is 5.32 Å². The van der Waals surface area contributed by atoms with Crippen molar-refractivity contribution in [2.45, 2.75) is 0 Å². The van der Waals surface area contributed by atoms with Crippen molar-refractivity contribution in [3.63, 3.8) is 0 Å². The summed E-state index contributed by atoms with van der Waals surface area (Å²) in [5.41, 5.74) is 3.23. The van der Waals surface area contributed by atoms with Crippen LogP contribution in [-0.4, -0.2) is 39.6 Å². The SMILES string of the molecule is CNC(=O)COc1ccc(/C=C2/C(=O)N(C)c3ccccc32)cc1OC. The topological polar surface area (TPSA) is 67.9 Å². The van der Waals surface area contributed by atoms with E-state index in [0.29, 0.717) is 17.1 Å². The molecule has 1 N–H and O–H groups in total. The highest BCUT2D eigenvalue weighted by Gasteiger charge is 2.29. The lowest BCUT2D eigenvalue weighted by atomic mass is 10.0. The average molecular weight is 352 g/mol. The van der Waals surface area contributed by atoms with E-state index in [0.717, 1.165) is 16.8 Å². The van der Waals surface area contributed by atoms with Gasteiger partial charge in [0.15, 0.2) is 18.1 Å². The number of likely N-dealkylation sites (N-methyl/N-ethyl adjacent to an activating group) is 2. The molecule has 1 aliphatic rings. The zero-order valence-corrected chi connectivity index (χ0v) is 14.9. The number of para-hydroxylation sites is 1. The van der Waals surface area contributed by atoms with Gasteiger partial charge in [0.05, 0.1) is 12.8 Å². The van der Waals surface area contributed by atoms with Crippen molar-refractivity contribution in [2.75, 3.05) is 32.7 Å². The molecule has 0 aliphatic carbocycles. The van der Waals surface area contributed by atoms with Crippen molar-refractivity contribution in [2.24, 2.45) is 0 Å². The first-order valence-corrected chi connectivity index (χ1v) is 8.15. The largest absolute Gasteiger partial charge is 0.493 e. The van der Waals surface area contributed by atoms with Crippen molar-refractivity contribution in [3.8, 4) is 11.5 Å². The van der Waals surface area contributed by atoms with Crippen LogP contribution in [-0.2, 0) is 9.59 Å². The summed E-state index contributed by atoms with van der Waals surface area (Å²) in [6.45, 7) is -0.0933. The number of nitrogens with zero attached hydrogens (tertiary/aromatic N) is 1. The van der Waals surface area contributed by atoms with E-state index in [9.17, 15) is 9.59 Å². The minimum atomic E-state index is -0.227. The number of carbonyl (C=O) groups is 2. The Hall–Kier alpha value is -3.28. The molecule has 0 spiro atoms. The van der Waals surface area contributed by atoms with Crippen LogP contribution in [0, 0.1) is 0 Å². The van der Waals surface area contributed by atoms with Gasteiger partial charge in [0, 0.05) is 25.2 Å². The fourth-order valence-corrected chi connectivity index (χ4v) is 2.81. The number of amides is 2. The third-order valence-corrected chi connectivity index (χ3v) is 4.23. The Labute approximate surface area is 152 Å². The third-order valence-electron chi connectivity index (χ3n) is 4.23. The number of methoxy groups -OCH3 is 1. The zero-order chi connectivity index (χ0) is 18.7. The van der Waals surface area contributed by atoms with Gasteiger partial charge in [0.2, 0.25) is 0 Å². The van der Waals surface area contributed by atoms with Crippen LogP contribution in [0.5, 0.6) is 11.5 Å². The van der Waals surface area contributed by atoms with Crippen molar-refractivity contribution in [3.05, 3.63) is 53.6 Å². The Morgan fingerprint density at radius 1 is 1.19 bits per heavy atom. The number of anilines is 1. The van der Waals surface area contributed by atoms with Crippen molar-refractivity contribution >= 4 is 29.2 Å². The standard InChI is InChI=1S/C20H20N2O4/c1-21-19(23)12-26-17-9-8-13(11-18(17)25-3)10-15-14-6-4-5-7-16(14)22(2)20(15)24/h4-11H,12H2,1-3H3,(H,21,23)/b15-10+. The van der Waals surface area contributed by atoms with Crippen molar-refractivity contribution in [1.29, 1.82) is 0 Å². The maximum Gasteiger partial charge on any atom is 0.258 e. The summed E-state index contributed by atoms with van der Waals surface area (Å²) in [6.07, 6.45) is 1.83.